The molecule has 7 N–H and O–H groups in total. The van der Waals surface area contributed by atoms with Crippen LogP contribution >= 0.6 is 0 Å². The number of carbonyl (C=O) groups is 5. The second-order valence-corrected chi connectivity index (χ2v) is 10.1. The van der Waals surface area contributed by atoms with Crippen LogP contribution in [0.25, 0.3) is 0 Å². The second kappa shape index (κ2) is 16.8. The molecule has 0 aliphatic carbocycles. The smallest absolute Gasteiger partial charge is 0.253 e. The normalized spacial score (nSPS) is 14.4. The van der Waals surface area contributed by atoms with Gasteiger partial charge in [0.1, 0.15) is 12.1 Å². The number of nitrogens with zero attached hydrogens (tertiary/aromatic N) is 2. The van der Waals surface area contributed by atoms with Gasteiger partial charge in [-0.2, -0.15) is 0 Å². The van der Waals surface area contributed by atoms with Gasteiger partial charge in [-0.1, -0.05) is 48.5 Å². The zero-order valence-electron chi connectivity index (χ0n) is 23.8. The summed E-state index contributed by atoms with van der Waals surface area (Å²) in [6.07, 6.45) is 1.94. The summed E-state index contributed by atoms with van der Waals surface area (Å²) in [7, 11) is 0. The van der Waals surface area contributed by atoms with E-state index in [1.807, 2.05) is 48.5 Å². The lowest BCUT2D eigenvalue weighted by Crippen LogP contribution is -2.57. The van der Waals surface area contributed by atoms with Crippen LogP contribution in [0.1, 0.15) is 35.2 Å². The molecule has 0 bridgehead atoms. The lowest BCUT2D eigenvalue weighted by Gasteiger charge is -2.36. The van der Waals surface area contributed by atoms with Crippen molar-refractivity contribution < 1.29 is 24.0 Å². The average molecular weight is 580 g/mol. The molecule has 0 spiro atoms. The van der Waals surface area contributed by atoms with Crippen LogP contribution in [0.15, 0.2) is 60.7 Å². The third-order valence-corrected chi connectivity index (χ3v) is 7.02. The van der Waals surface area contributed by atoms with E-state index in [0.717, 1.165) is 5.56 Å². The van der Waals surface area contributed by atoms with Crippen LogP contribution in [-0.4, -0.2) is 97.2 Å². The molecule has 0 unspecified atom stereocenters. The van der Waals surface area contributed by atoms with Crippen LogP contribution < -0.4 is 27.4 Å². The second-order valence-electron chi connectivity index (χ2n) is 10.1. The molecule has 2 aromatic rings. The molecule has 1 aliphatic rings. The molecule has 1 aliphatic heterocycles. The van der Waals surface area contributed by atoms with E-state index >= 15 is 0 Å². The van der Waals surface area contributed by atoms with Gasteiger partial charge in [0.15, 0.2) is 0 Å². The minimum absolute atomic E-state index is 0.0838. The third kappa shape index (κ3) is 9.96. The highest BCUT2D eigenvalue weighted by molar-refractivity contribution is 5.95. The first-order chi connectivity index (χ1) is 20.3. The van der Waals surface area contributed by atoms with E-state index in [4.69, 9.17) is 11.5 Å². The summed E-state index contributed by atoms with van der Waals surface area (Å²) >= 11 is 0. The van der Waals surface area contributed by atoms with Gasteiger partial charge in [0.05, 0.1) is 13.1 Å². The van der Waals surface area contributed by atoms with E-state index in [1.165, 1.54) is 0 Å². The van der Waals surface area contributed by atoms with Gasteiger partial charge in [0.2, 0.25) is 23.6 Å². The van der Waals surface area contributed by atoms with Crippen molar-refractivity contribution in [2.45, 2.75) is 37.8 Å². The highest BCUT2D eigenvalue weighted by Gasteiger charge is 2.30. The highest BCUT2D eigenvalue weighted by Crippen LogP contribution is 2.12. The van der Waals surface area contributed by atoms with Crippen molar-refractivity contribution in [2.75, 3.05) is 45.8 Å². The van der Waals surface area contributed by atoms with Crippen molar-refractivity contribution >= 4 is 29.5 Å². The van der Waals surface area contributed by atoms with Gasteiger partial charge in [0.25, 0.3) is 5.91 Å². The van der Waals surface area contributed by atoms with Crippen LogP contribution in [0.4, 0.5) is 0 Å². The van der Waals surface area contributed by atoms with Crippen molar-refractivity contribution in [3.05, 3.63) is 71.8 Å². The largest absolute Gasteiger partial charge is 0.345 e. The molecular formula is C30H41N7O5. The number of benzene rings is 2. The van der Waals surface area contributed by atoms with Crippen molar-refractivity contribution in [1.29, 1.82) is 0 Å². The minimum atomic E-state index is -0.923. The summed E-state index contributed by atoms with van der Waals surface area (Å²) in [5, 5.41) is 7.91. The first kappa shape index (κ1) is 32.2. The van der Waals surface area contributed by atoms with E-state index in [1.54, 1.807) is 21.9 Å². The molecule has 0 saturated carbocycles. The quantitative estimate of drug-likeness (QED) is 0.185. The Bertz CT molecular complexity index is 1190. The molecule has 1 heterocycles. The molecule has 1 saturated heterocycles. The number of nitrogens with one attached hydrogen (secondary N) is 3. The molecule has 1 fully saturated rings. The lowest BCUT2D eigenvalue weighted by molar-refractivity contribution is -0.138. The molecule has 2 atom stereocenters. The number of carbonyl (C=O) groups excluding carboxylic acids is 5. The van der Waals surface area contributed by atoms with Gasteiger partial charge in [-0.25, -0.2) is 0 Å². The fourth-order valence-corrected chi connectivity index (χ4v) is 4.71. The van der Waals surface area contributed by atoms with E-state index in [0.29, 0.717) is 57.5 Å². The fourth-order valence-electron chi connectivity index (χ4n) is 4.71. The van der Waals surface area contributed by atoms with Crippen molar-refractivity contribution in [3.63, 3.8) is 0 Å². The van der Waals surface area contributed by atoms with Gasteiger partial charge < -0.3 is 37.2 Å². The summed E-state index contributed by atoms with van der Waals surface area (Å²) in [5.41, 5.74) is 12.5. The maximum Gasteiger partial charge on any atom is 0.253 e. The third-order valence-electron chi connectivity index (χ3n) is 7.02. The molecule has 226 valence electrons. The van der Waals surface area contributed by atoms with E-state index < -0.39 is 29.8 Å². The topological polar surface area (TPSA) is 180 Å². The molecule has 3 rings (SSSR count). The Balaban J connectivity index is 1.56. The van der Waals surface area contributed by atoms with Crippen LogP contribution in [0.5, 0.6) is 0 Å². The molecule has 5 amide bonds. The molecule has 12 heteroatoms. The summed E-state index contributed by atoms with van der Waals surface area (Å²) in [6.45, 7) is 1.27. The molecule has 0 aromatic heterocycles. The van der Waals surface area contributed by atoms with Crippen LogP contribution in [-0.2, 0) is 25.6 Å². The Morgan fingerprint density at radius 1 is 0.738 bits per heavy atom. The molecule has 0 radical (unpaired) electrons. The van der Waals surface area contributed by atoms with Crippen molar-refractivity contribution in [2.24, 2.45) is 11.5 Å². The Labute approximate surface area is 246 Å². The molecular weight excluding hydrogens is 538 g/mol. The van der Waals surface area contributed by atoms with E-state index in [-0.39, 0.29) is 31.3 Å². The maximum atomic E-state index is 13.4. The monoisotopic (exact) mass is 579 g/mol. The zero-order chi connectivity index (χ0) is 30.3. The first-order valence-corrected chi connectivity index (χ1v) is 14.3. The van der Waals surface area contributed by atoms with Gasteiger partial charge in [0, 0.05) is 38.2 Å². The first-order valence-electron chi connectivity index (χ1n) is 14.3. The number of piperazine rings is 1. The number of amides is 5. The number of nitrogens with two attached hydrogens (primary N) is 2. The predicted octanol–water partition coefficient (Wildman–Crippen LogP) is -0.613. The Hall–Kier alpha value is -4.29. The summed E-state index contributed by atoms with van der Waals surface area (Å²) < 4.78 is 0. The maximum absolute atomic E-state index is 13.4. The summed E-state index contributed by atoms with van der Waals surface area (Å²) in [5.74, 6) is -1.89. The number of unbranched alkanes of at least 4 members (excludes halogenated alkanes) is 1. The lowest BCUT2D eigenvalue weighted by atomic mass is 10.1. The Morgan fingerprint density at radius 2 is 1.33 bits per heavy atom. The summed E-state index contributed by atoms with van der Waals surface area (Å²) in [4.78, 5) is 67.2. The molecule has 12 nitrogen and oxygen atoms in total. The number of hydrogen-bond acceptors (Lipinski definition) is 7. The van der Waals surface area contributed by atoms with Gasteiger partial charge in [-0.15, -0.1) is 0 Å². The Kier molecular flexibility index (Phi) is 12.9. The fraction of sp³-hybridized carbons (Fsp3) is 0.433. The molecule has 2 aromatic carbocycles. The molecule has 42 heavy (non-hydrogen) atoms. The van der Waals surface area contributed by atoms with Crippen LogP contribution in [0, 0.1) is 0 Å². The van der Waals surface area contributed by atoms with Gasteiger partial charge in [-0.3, -0.25) is 24.0 Å². The SMILES string of the molecule is NCCCC[C@@H](NC(=O)CNC(=O)[C@@H](Cc1ccccc1)NC(=O)CN)C(=O)N1CCN(C(=O)c2ccccc2)CC1. The standard InChI is InChI=1S/C30H41N7O5/c31-14-8-7-13-24(30(42)37-17-15-36(16-18-37)29(41)23-11-5-2-6-12-23)34-27(39)21-33-28(40)25(35-26(38)20-32)19-22-9-3-1-4-10-22/h1-6,9-12,24-25H,7-8,13-21,31-32H2,(H,33,40)(H,34,39)(H,35,38)/t24-,25-/m1/s1. The van der Waals surface area contributed by atoms with E-state index in [9.17, 15) is 24.0 Å². The Morgan fingerprint density at radius 3 is 1.95 bits per heavy atom. The van der Waals surface area contributed by atoms with Crippen LogP contribution in [0.2, 0.25) is 0 Å². The number of rotatable bonds is 14. The van der Waals surface area contributed by atoms with Crippen molar-refractivity contribution in [1.82, 2.24) is 25.8 Å². The number of hydrogen-bond donors (Lipinski definition) is 5. The van der Waals surface area contributed by atoms with Gasteiger partial charge >= 0.3 is 0 Å². The zero-order valence-corrected chi connectivity index (χ0v) is 23.8. The minimum Gasteiger partial charge on any atom is -0.345 e. The van der Waals surface area contributed by atoms with Crippen LogP contribution in [0.3, 0.4) is 0 Å². The predicted molar refractivity (Wildman–Crippen MR) is 158 cm³/mol. The highest BCUT2D eigenvalue weighted by atomic mass is 16.2. The average Bonchev–Trinajstić information content (AvgIpc) is 3.03. The van der Waals surface area contributed by atoms with E-state index in [2.05, 4.69) is 16.0 Å². The van der Waals surface area contributed by atoms with Crippen molar-refractivity contribution in [3.8, 4) is 0 Å². The summed E-state index contributed by atoms with van der Waals surface area (Å²) in [6, 6.07) is 16.4. The van der Waals surface area contributed by atoms with Gasteiger partial charge in [-0.05, 0) is 43.5 Å².